The van der Waals surface area contributed by atoms with Crippen molar-refractivity contribution < 1.29 is 9.53 Å². The zero-order chi connectivity index (χ0) is 14.8. The number of esters is 1. The van der Waals surface area contributed by atoms with Crippen LogP contribution in [0.3, 0.4) is 0 Å². The maximum atomic E-state index is 11.6. The lowest BCUT2D eigenvalue weighted by Crippen LogP contribution is -2.03. The molecule has 0 spiro atoms. The number of ether oxygens (including phenoxy) is 1. The first-order valence-electron chi connectivity index (χ1n) is 6.38. The third kappa shape index (κ3) is 2.82. The van der Waals surface area contributed by atoms with Gasteiger partial charge in [-0.05, 0) is 41.4 Å². The zero-order valence-electron chi connectivity index (χ0n) is 11.2. The van der Waals surface area contributed by atoms with Crippen LogP contribution in [0, 0.1) is 0 Å². The summed E-state index contributed by atoms with van der Waals surface area (Å²) in [4.78, 5) is 15.9. The van der Waals surface area contributed by atoms with E-state index in [1.54, 1.807) is 6.92 Å². The Morgan fingerprint density at radius 3 is 2.95 bits per heavy atom. The maximum absolute atomic E-state index is 11.6. The molecule has 0 atom stereocenters. The van der Waals surface area contributed by atoms with Gasteiger partial charge in [-0.1, -0.05) is 40.2 Å². The van der Waals surface area contributed by atoms with Crippen LogP contribution in [0.4, 0.5) is 0 Å². The Hall–Kier alpha value is -1.79. The van der Waals surface area contributed by atoms with E-state index >= 15 is 0 Å². The Kier molecular flexibility index (Phi) is 3.98. The lowest BCUT2D eigenvalue weighted by atomic mass is 10.1. The van der Waals surface area contributed by atoms with Crippen LogP contribution < -0.4 is 0 Å². The SMILES string of the molecule is CCOC(=O)c1nc(-c2cc(Br)c3ccccc3c2)ns1. The van der Waals surface area contributed by atoms with Crippen molar-refractivity contribution in [3.8, 4) is 11.4 Å². The summed E-state index contributed by atoms with van der Waals surface area (Å²) in [5, 5.41) is 2.49. The minimum absolute atomic E-state index is 0.274. The summed E-state index contributed by atoms with van der Waals surface area (Å²) in [7, 11) is 0. The lowest BCUT2D eigenvalue weighted by Gasteiger charge is -2.03. The van der Waals surface area contributed by atoms with E-state index in [-0.39, 0.29) is 5.01 Å². The molecule has 3 rings (SSSR count). The van der Waals surface area contributed by atoms with Crippen molar-refractivity contribution in [1.82, 2.24) is 9.36 Å². The number of nitrogens with zero attached hydrogens (tertiary/aromatic N) is 2. The predicted molar refractivity (Wildman–Crippen MR) is 86.5 cm³/mol. The summed E-state index contributed by atoms with van der Waals surface area (Å²) in [5.41, 5.74) is 0.868. The van der Waals surface area contributed by atoms with Gasteiger partial charge in [-0.2, -0.15) is 4.37 Å². The van der Waals surface area contributed by atoms with Gasteiger partial charge in [0.15, 0.2) is 5.82 Å². The molecule has 0 fully saturated rings. The molecular formula is C15H11BrN2O2S. The Labute approximate surface area is 134 Å². The van der Waals surface area contributed by atoms with Crippen molar-refractivity contribution in [2.24, 2.45) is 0 Å². The third-order valence-corrected chi connectivity index (χ3v) is 4.30. The molecule has 2 aromatic carbocycles. The van der Waals surface area contributed by atoms with Crippen molar-refractivity contribution in [2.45, 2.75) is 6.92 Å². The highest BCUT2D eigenvalue weighted by Crippen LogP contribution is 2.30. The first kappa shape index (κ1) is 14.2. The van der Waals surface area contributed by atoms with E-state index < -0.39 is 5.97 Å². The van der Waals surface area contributed by atoms with Gasteiger partial charge in [0.05, 0.1) is 6.61 Å². The Morgan fingerprint density at radius 2 is 2.14 bits per heavy atom. The fourth-order valence-corrected chi connectivity index (χ4v) is 3.20. The van der Waals surface area contributed by atoms with Crippen molar-refractivity contribution in [3.63, 3.8) is 0 Å². The smallest absolute Gasteiger partial charge is 0.369 e. The second-order valence-corrected chi connectivity index (χ2v) is 5.93. The molecule has 106 valence electrons. The van der Waals surface area contributed by atoms with Crippen LogP contribution in [0.15, 0.2) is 40.9 Å². The molecule has 0 aliphatic carbocycles. The summed E-state index contributed by atoms with van der Waals surface area (Å²) in [5.74, 6) is 0.107. The summed E-state index contributed by atoms with van der Waals surface area (Å²) in [6, 6.07) is 12.0. The molecule has 3 aromatic rings. The number of benzene rings is 2. The monoisotopic (exact) mass is 362 g/mol. The second-order valence-electron chi connectivity index (χ2n) is 4.32. The van der Waals surface area contributed by atoms with E-state index in [2.05, 4.69) is 25.3 Å². The van der Waals surface area contributed by atoms with Crippen LogP contribution in [0.2, 0.25) is 0 Å². The van der Waals surface area contributed by atoms with Crippen molar-refractivity contribution in [2.75, 3.05) is 6.61 Å². The van der Waals surface area contributed by atoms with Crippen molar-refractivity contribution >= 4 is 44.2 Å². The van der Waals surface area contributed by atoms with Gasteiger partial charge in [0.2, 0.25) is 5.01 Å². The molecule has 4 nitrogen and oxygen atoms in total. The fraction of sp³-hybridized carbons (Fsp3) is 0.133. The molecule has 0 aliphatic heterocycles. The van der Waals surface area contributed by atoms with Gasteiger partial charge < -0.3 is 4.74 Å². The third-order valence-electron chi connectivity index (χ3n) is 2.95. The van der Waals surface area contributed by atoms with Gasteiger partial charge in [0, 0.05) is 10.0 Å². The summed E-state index contributed by atoms with van der Waals surface area (Å²) in [6.45, 7) is 2.09. The summed E-state index contributed by atoms with van der Waals surface area (Å²) in [6.07, 6.45) is 0. The number of fused-ring (bicyclic) bond motifs is 1. The average molecular weight is 363 g/mol. The number of aromatic nitrogens is 2. The normalized spacial score (nSPS) is 10.8. The molecule has 0 saturated carbocycles. The molecule has 0 saturated heterocycles. The predicted octanol–water partition coefficient (Wildman–Crippen LogP) is 4.30. The number of halogens is 1. The van der Waals surface area contributed by atoms with Crippen molar-refractivity contribution in [1.29, 1.82) is 0 Å². The zero-order valence-corrected chi connectivity index (χ0v) is 13.6. The van der Waals surface area contributed by atoms with E-state index in [9.17, 15) is 4.79 Å². The van der Waals surface area contributed by atoms with E-state index in [1.165, 1.54) is 0 Å². The number of hydrogen-bond donors (Lipinski definition) is 0. The van der Waals surface area contributed by atoms with Gasteiger partial charge in [-0.25, -0.2) is 9.78 Å². The number of carbonyl (C=O) groups is 1. The molecule has 0 aliphatic rings. The van der Waals surface area contributed by atoms with E-state index in [0.717, 1.165) is 32.3 Å². The van der Waals surface area contributed by atoms with Crippen LogP contribution in [-0.2, 0) is 4.74 Å². The fourth-order valence-electron chi connectivity index (χ4n) is 2.01. The molecule has 0 bridgehead atoms. The highest BCUT2D eigenvalue weighted by atomic mass is 79.9. The van der Waals surface area contributed by atoms with Crippen LogP contribution in [0.5, 0.6) is 0 Å². The van der Waals surface area contributed by atoms with Crippen LogP contribution in [0.25, 0.3) is 22.2 Å². The van der Waals surface area contributed by atoms with Crippen LogP contribution >= 0.6 is 27.5 Å². The molecule has 0 unspecified atom stereocenters. The van der Waals surface area contributed by atoms with Crippen LogP contribution in [-0.4, -0.2) is 21.9 Å². The second kappa shape index (κ2) is 5.91. The summed E-state index contributed by atoms with van der Waals surface area (Å²) < 4.78 is 10.2. The van der Waals surface area contributed by atoms with Crippen molar-refractivity contribution in [3.05, 3.63) is 45.9 Å². The maximum Gasteiger partial charge on any atom is 0.369 e. The first-order valence-corrected chi connectivity index (χ1v) is 7.95. The minimum Gasteiger partial charge on any atom is -0.461 e. The van der Waals surface area contributed by atoms with Gasteiger partial charge in [-0.3, -0.25) is 0 Å². The van der Waals surface area contributed by atoms with Gasteiger partial charge in [0.1, 0.15) is 0 Å². The van der Waals surface area contributed by atoms with E-state index in [1.807, 2.05) is 36.4 Å². The number of rotatable bonds is 3. The Balaban J connectivity index is 2.03. The van der Waals surface area contributed by atoms with Gasteiger partial charge in [0.25, 0.3) is 0 Å². The molecule has 0 amide bonds. The topological polar surface area (TPSA) is 52.1 Å². The highest BCUT2D eigenvalue weighted by molar-refractivity contribution is 9.10. The molecule has 6 heteroatoms. The van der Waals surface area contributed by atoms with E-state index in [4.69, 9.17) is 4.74 Å². The Morgan fingerprint density at radius 1 is 1.33 bits per heavy atom. The number of hydrogen-bond acceptors (Lipinski definition) is 5. The lowest BCUT2D eigenvalue weighted by molar-refractivity contribution is 0.0526. The standard InChI is InChI=1S/C15H11BrN2O2S/c1-2-20-15(19)14-17-13(18-21-14)10-7-9-5-3-4-6-11(9)12(16)8-10/h3-8H,2H2,1H3. The molecule has 1 heterocycles. The molecular weight excluding hydrogens is 352 g/mol. The van der Waals surface area contributed by atoms with Gasteiger partial charge in [-0.15, -0.1) is 0 Å². The highest BCUT2D eigenvalue weighted by Gasteiger charge is 2.15. The average Bonchev–Trinajstić information content (AvgIpc) is 2.97. The molecule has 21 heavy (non-hydrogen) atoms. The first-order chi connectivity index (χ1) is 10.2. The van der Waals surface area contributed by atoms with Crippen LogP contribution in [0.1, 0.15) is 16.7 Å². The molecule has 0 N–H and O–H groups in total. The molecule has 0 radical (unpaired) electrons. The van der Waals surface area contributed by atoms with Gasteiger partial charge >= 0.3 is 5.97 Å². The molecule has 1 aromatic heterocycles. The minimum atomic E-state index is -0.430. The largest absolute Gasteiger partial charge is 0.461 e. The van der Waals surface area contributed by atoms with E-state index in [0.29, 0.717) is 12.4 Å². The Bertz CT molecular complexity index is 816. The number of carbonyl (C=O) groups excluding carboxylic acids is 1. The quantitative estimate of drug-likeness (QED) is 0.651. The summed E-state index contributed by atoms with van der Waals surface area (Å²) >= 11 is 4.61.